The molecule has 1 fully saturated rings. The molecule has 0 aliphatic heterocycles. The quantitative estimate of drug-likeness (QED) is 0.672. The predicted octanol–water partition coefficient (Wildman–Crippen LogP) is 1.41. The van der Waals surface area contributed by atoms with E-state index in [1.807, 2.05) is 0 Å². The lowest BCUT2D eigenvalue weighted by atomic mass is 9.95. The molecular weight excluding hydrogens is 166 g/mol. The summed E-state index contributed by atoms with van der Waals surface area (Å²) in [6, 6.07) is 0.320. The molecule has 0 aromatic heterocycles. The molecule has 0 aromatic rings. The molecule has 1 amide bonds. The summed E-state index contributed by atoms with van der Waals surface area (Å²) in [6.45, 7) is 1.44. The van der Waals surface area contributed by atoms with Gasteiger partial charge in [-0.1, -0.05) is 19.3 Å². The average molecular weight is 183 g/mol. The van der Waals surface area contributed by atoms with Crippen LogP contribution in [0.15, 0.2) is 0 Å². The Morgan fingerprint density at radius 1 is 1.23 bits per heavy atom. The zero-order valence-electron chi connectivity index (χ0n) is 8.14. The van der Waals surface area contributed by atoms with E-state index in [0.717, 1.165) is 12.8 Å². The van der Waals surface area contributed by atoms with Gasteiger partial charge < -0.3 is 5.32 Å². The van der Waals surface area contributed by atoms with E-state index < -0.39 is 0 Å². The summed E-state index contributed by atoms with van der Waals surface area (Å²) in [6.07, 6.45) is 5.86. The van der Waals surface area contributed by atoms with Gasteiger partial charge in [0.1, 0.15) is 5.78 Å². The van der Waals surface area contributed by atoms with Crippen LogP contribution in [0.5, 0.6) is 0 Å². The van der Waals surface area contributed by atoms with Crippen molar-refractivity contribution < 1.29 is 9.59 Å². The van der Waals surface area contributed by atoms with Crippen molar-refractivity contribution in [3.8, 4) is 0 Å². The highest BCUT2D eigenvalue weighted by atomic mass is 16.2. The minimum absolute atomic E-state index is 0.0382. The molecule has 1 aliphatic carbocycles. The molecule has 3 nitrogen and oxygen atoms in total. The van der Waals surface area contributed by atoms with E-state index >= 15 is 0 Å². The molecule has 1 N–H and O–H groups in total. The highest BCUT2D eigenvalue weighted by Crippen LogP contribution is 2.17. The second kappa shape index (κ2) is 5.00. The predicted molar refractivity (Wildman–Crippen MR) is 50.3 cm³/mol. The van der Waals surface area contributed by atoms with E-state index in [-0.39, 0.29) is 18.1 Å². The third-order valence-corrected chi connectivity index (χ3v) is 2.38. The summed E-state index contributed by atoms with van der Waals surface area (Å²) in [4.78, 5) is 21.8. The van der Waals surface area contributed by atoms with Gasteiger partial charge >= 0.3 is 0 Å². The molecule has 0 heterocycles. The molecule has 0 saturated heterocycles. The molecule has 0 spiro atoms. The maximum atomic E-state index is 11.2. The number of carbonyl (C=O) groups excluding carboxylic acids is 2. The SMILES string of the molecule is CC(=O)CC(=O)NC1CCCCC1. The molecule has 0 atom stereocenters. The van der Waals surface area contributed by atoms with Crippen LogP contribution in [0, 0.1) is 0 Å². The molecule has 1 aliphatic rings. The molecular formula is C10H17NO2. The molecule has 13 heavy (non-hydrogen) atoms. The Morgan fingerprint density at radius 2 is 1.85 bits per heavy atom. The van der Waals surface area contributed by atoms with Crippen LogP contribution in [0.4, 0.5) is 0 Å². The zero-order valence-corrected chi connectivity index (χ0v) is 8.14. The van der Waals surface area contributed by atoms with Gasteiger partial charge in [-0.05, 0) is 19.8 Å². The largest absolute Gasteiger partial charge is 0.353 e. The monoisotopic (exact) mass is 183 g/mol. The van der Waals surface area contributed by atoms with Crippen LogP contribution in [0.3, 0.4) is 0 Å². The Morgan fingerprint density at radius 3 is 2.38 bits per heavy atom. The summed E-state index contributed by atoms with van der Waals surface area (Å²) in [7, 11) is 0. The van der Waals surface area contributed by atoms with Gasteiger partial charge in [-0.25, -0.2) is 0 Å². The molecule has 1 saturated carbocycles. The van der Waals surface area contributed by atoms with Gasteiger partial charge in [0, 0.05) is 6.04 Å². The van der Waals surface area contributed by atoms with E-state index in [4.69, 9.17) is 0 Å². The maximum Gasteiger partial charge on any atom is 0.227 e. The fourth-order valence-corrected chi connectivity index (χ4v) is 1.75. The Balaban J connectivity index is 2.22. The van der Waals surface area contributed by atoms with E-state index in [2.05, 4.69) is 5.32 Å². The molecule has 0 unspecified atom stereocenters. The normalized spacial score (nSPS) is 18.2. The molecule has 1 rings (SSSR count). The van der Waals surface area contributed by atoms with Crippen molar-refractivity contribution in [1.82, 2.24) is 5.32 Å². The van der Waals surface area contributed by atoms with E-state index in [1.165, 1.54) is 26.2 Å². The van der Waals surface area contributed by atoms with Crippen LogP contribution in [-0.2, 0) is 9.59 Å². The second-order valence-electron chi connectivity index (χ2n) is 3.78. The fourth-order valence-electron chi connectivity index (χ4n) is 1.75. The van der Waals surface area contributed by atoms with E-state index in [1.54, 1.807) is 0 Å². The van der Waals surface area contributed by atoms with Crippen molar-refractivity contribution in [2.24, 2.45) is 0 Å². The van der Waals surface area contributed by atoms with E-state index in [9.17, 15) is 9.59 Å². The molecule has 74 valence electrons. The molecule has 0 radical (unpaired) electrons. The van der Waals surface area contributed by atoms with Gasteiger partial charge in [0.2, 0.25) is 5.91 Å². The minimum Gasteiger partial charge on any atom is -0.353 e. The summed E-state index contributed by atoms with van der Waals surface area (Å²) in [5.74, 6) is -0.173. The van der Waals surface area contributed by atoms with Crippen molar-refractivity contribution >= 4 is 11.7 Å². The first kappa shape index (κ1) is 10.2. The number of nitrogens with one attached hydrogen (secondary N) is 1. The number of Topliss-reactive ketones (excluding diaryl/α,β-unsaturated/α-hetero) is 1. The van der Waals surface area contributed by atoms with E-state index in [0.29, 0.717) is 6.04 Å². The Labute approximate surface area is 78.9 Å². The summed E-state index contributed by atoms with van der Waals surface area (Å²) in [5.41, 5.74) is 0. The minimum atomic E-state index is -0.112. The van der Waals surface area contributed by atoms with Crippen molar-refractivity contribution in [3.05, 3.63) is 0 Å². The number of hydrogen-bond acceptors (Lipinski definition) is 2. The van der Waals surface area contributed by atoms with Gasteiger partial charge in [-0.3, -0.25) is 9.59 Å². The third-order valence-electron chi connectivity index (χ3n) is 2.38. The molecule has 3 heteroatoms. The van der Waals surface area contributed by atoms with Crippen LogP contribution in [0.25, 0.3) is 0 Å². The van der Waals surface area contributed by atoms with Crippen LogP contribution in [0.2, 0.25) is 0 Å². The first-order valence-corrected chi connectivity index (χ1v) is 4.97. The molecule has 0 aromatic carbocycles. The highest BCUT2D eigenvalue weighted by Gasteiger charge is 2.15. The van der Waals surface area contributed by atoms with Crippen molar-refractivity contribution in [3.63, 3.8) is 0 Å². The van der Waals surface area contributed by atoms with Crippen molar-refractivity contribution in [2.45, 2.75) is 51.5 Å². The topological polar surface area (TPSA) is 46.2 Å². The number of rotatable bonds is 3. The summed E-state index contributed by atoms with van der Waals surface area (Å²) < 4.78 is 0. The first-order chi connectivity index (χ1) is 6.18. The van der Waals surface area contributed by atoms with Crippen LogP contribution in [0.1, 0.15) is 45.4 Å². The van der Waals surface area contributed by atoms with Gasteiger partial charge in [0.05, 0.1) is 6.42 Å². The zero-order chi connectivity index (χ0) is 9.68. The lowest BCUT2D eigenvalue weighted by molar-refractivity contribution is -0.127. The number of ketones is 1. The first-order valence-electron chi connectivity index (χ1n) is 4.97. The van der Waals surface area contributed by atoms with Gasteiger partial charge in [0.15, 0.2) is 0 Å². The summed E-state index contributed by atoms with van der Waals surface area (Å²) in [5, 5.41) is 2.89. The standard InChI is InChI=1S/C10H17NO2/c1-8(12)7-10(13)11-9-5-3-2-4-6-9/h9H,2-7H2,1H3,(H,11,13). The van der Waals surface area contributed by atoms with Crippen molar-refractivity contribution in [2.75, 3.05) is 0 Å². The number of amides is 1. The number of carbonyl (C=O) groups is 2. The average Bonchev–Trinajstić information content (AvgIpc) is 2.04. The molecule has 0 bridgehead atoms. The highest BCUT2D eigenvalue weighted by molar-refractivity contribution is 5.96. The third kappa shape index (κ3) is 4.06. The Hall–Kier alpha value is -0.860. The Bertz CT molecular complexity index is 195. The van der Waals surface area contributed by atoms with Crippen LogP contribution in [-0.4, -0.2) is 17.7 Å². The Kier molecular flexibility index (Phi) is 3.93. The summed E-state index contributed by atoms with van der Waals surface area (Å²) >= 11 is 0. The van der Waals surface area contributed by atoms with Crippen LogP contribution < -0.4 is 5.32 Å². The van der Waals surface area contributed by atoms with Gasteiger partial charge in [0.25, 0.3) is 0 Å². The number of hydrogen-bond donors (Lipinski definition) is 1. The second-order valence-corrected chi connectivity index (χ2v) is 3.78. The maximum absolute atomic E-state index is 11.2. The van der Waals surface area contributed by atoms with Gasteiger partial charge in [-0.15, -0.1) is 0 Å². The van der Waals surface area contributed by atoms with Crippen molar-refractivity contribution in [1.29, 1.82) is 0 Å². The smallest absolute Gasteiger partial charge is 0.227 e. The fraction of sp³-hybridized carbons (Fsp3) is 0.800. The van der Waals surface area contributed by atoms with Gasteiger partial charge in [-0.2, -0.15) is 0 Å². The van der Waals surface area contributed by atoms with Crippen LogP contribution >= 0.6 is 0 Å². The lowest BCUT2D eigenvalue weighted by Crippen LogP contribution is -2.36. The lowest BCUT2D eigenvalue weighted by Gasteiger charge is -2.22.